The minimum Gasteiger partial charge on any atom is -0.392 e. The quantitative estimate of drug-likeness (QED) is 0.654. The van der Waals surface area contributed by atoms with E-state index < -0.39 is 0 Å². The summed E-state index contributed by atoms with van der Waals surface area (Å²) in [6, 6.07) is 0.779. The van der Waals surface area contributed by atoms with E-state index in [2.05, 4.69) is 7.05 Å². The molecule has 3 rings (SSSR count). The lowest BCUT2D eigenvalue weighted by molar-refractivity contribution is -0.927. The average Bonchev–Trinajstić information content (AvgIpc) is 2.72. The molecule has 1 heterocycles. The maximum absolute atomic E-state index is 10.2. The monoisotopic (exact) mass is 210 g/mol. The molecule has 0 radical (unpaired) electrons. The van der Waals surface area contributed by atoms with Crippen molar-refractivity contribution in [1.82, 2.24) is 0 Å². The minimum absolute atomic E-state index is 0.0410. The highest BCUT2D eigenvalue weighted by Gasteiger charge is 2.51. The zero-order valence-electron chi connectivity index (χ0n) is 9.86. The Bertz CT molecular complexity index is 247. The van der Waals surface area contributed by atoms with Crippen LogP contribution in [0.25, 0.3) is 0 Å². The Balaban J connectivity index is 1.81. The first-order chi connectivity index (χ1) is 7.21. The highest BCUT2D eigenvalue weighted by molar-refractivity contribution is 4.94. The first-order valence-electron chi connectivity index (χ1n) is 6.73. The van der Waals surface area contributed by atoms with E-state index in [0.29, 0.717) is 11.8 Å². The van der Waals surface area contributed by atoms with Gasteiger partial charge in [-0.2, -0.15) is 0 Å². The molecule has 2 nitrogen and oxygen atoms in total. The highest BCUT2D eigenvalue weighted by atomic mass is 16.3. The van der Waals surface area contributed by atoms with E-state index >= 15 is 0 Å². The van der Waals surface area contributed by atoms with Crippen molar-refractivity contribution in [3.05, 3.63) is 0 Å². The Kier molecular flexibility index (Phi) is 2.33. The third-order valence-corrected chi connectivity index (χ3v) is 5.51. The van der Waals surface area contributed by atoms with Gasteiger partial charge in [0, 0.05) is 25.2 Å². The van der Waals surface area contributed by atoms with Crippen LogP contribution in [0.15, 0.2) is 0 Å². The van der Waals surface area contributed by atoms with Crippen molar-refractivity contribution >= 4 is 0 Å². The summed E-state index contributed by atoms with van der Waals surface area (Å²) in [4.78, 5) is 0. The molecule has 2 saturated carbocycles. The first-order valence-corrected chi connectivity index (χ1v) is 6.73. The van der Waals surface area contributed by atoms with Gasteiger partial charge in [-0.25, -0.2) is 0 Å². The van der Waals surface area contributed by atoms with Gasteiger partial charge in [-0.3, -0.25) is 0 Å². The fourth-order valence-corrected chi connectivity index (χ4v) is 4.60. The van der Waals surface area contributed by atoms with Crippen LogP contribution in [-0.2, 0) is 0 Å². The van der Waals surface area contributed by atoms with Crippen LogP contribution >= 0.6 is 0 Å². The van der Waals surface area contributed by atoms with E-state index in [1.165, 1.54) is 56.1 Å². The van der Waals surface area contributed by atoms with Crippen molar-refractivity contribution in [2.24, 2.45) is 11.8 Å². The molecule has 86 valence electrons. The molecule has 0 unspecified atom stereocenters. The third-order valence-electron chi connectivity index (χ3n) is 5.51. The lowest BCUT2D eigenvalue weighted by atomic mass is 9.80. The van der Waals surface area contributed by atoms with Crippen molar-refractivity contribution in [3.63, 3.8) is 0 Å². The second-order valence-electron chi connectivity index (χ2n) is 6.27. The molecular weight excluding hydrogens is 186 g/mol. The molecule has 0 amide bonds. The maximum Gasteiger partial charge on any atom is 0.0941 e. The Morgan fingerprint density at radius 1 is 1.00 bits per heavy atom. The second-order valence-corrected chi connectivity index (χ2v) is 6.27. The molecule has 3 aliphatic rings. The van der Waals surface area contributed by atoms with E-state index in [4.69, 9.17) is 0 Å². The van der Waals surface area contributed by atoms with E-state index in [-0.39, 0.29) is 6.10 Å². The van der Waals surface area contributed by atoms with E-state index in [1.54, 1.807) is 0 Å². The summed E-state index contributed by atoms with van der Waals surface area (Å²) in [5.74, 6) is 1.28. The molecule has 1 N–H and O–H groups in total. The lowest BCUT2D eigenvalue weighted by Crippen LogP contribution is -2.56. The van der Waals surface area contributed by atoms with Gasteiger partial charge in [0.25, 0.3) is 0 Å². The Morgan fingerprint density at radius 2 is 1.67 bits per heavy atom. The predicted octanol–water partition coefficient (Wildman–Crippen LogP) is 1.78. The zero-order valence-corrected chi connectivity index (χ0v) is 9.86. The zero-order chi connectivity index (χ0) is 10.5. The molecule has 0 aromatic heterocycles. The van der Waals surface area contributed by atoms with Gasteiger partial charge in [0.05, 0.1) is 32.3 Å². The molecule has 1 aliphatic heterocycles. The van der Waals surface area contributed by atoms with Crippen molar-refractivity contribution < 1.29 is 9.59 Å². The number of aliphatic hydroxyl groups is 1. The second kappa shape index (κ2) is 3.46. The van der Waals surface area contributed by atoms with Crippen LogP contribution in [0.2, 0.25) is 0 Å². The summed E-state index contributed by atoms with van der Waals surface area (Å²) in [5, 5.41) is 10.2. The minimum atomic E-state index is 0.0410. The number of fused-ring (bicyclic) bond motifs is 2. The molecule has 2 bridgehead atoms. The summed E-state index contributed by atoms with van der Waals surface area (Å²) in [7, 11) is 2.43. The van der Waals surface area contributed by atoms with Crippen LogP contribution < -0.4 is 0 Å². The van der Waals surface area contributed by atoms with Gasteiger partial charge in [0.2, 0.25) is 0 Å². The molecule has 4 atom stereocenters. The molecule has 2 heteroatoms. The summed E-state index contributed by atoms with van der Waals surface area (Å²) in [5.41, 5.74) is 0. The molecule has 0 spiro atoms. The van der Waals surface area contributed by atoms with Gasteiger partial charge in [-0.15, -0.1) is 0 Å². The van der Waals surface area contributed by atoms with E-state index in [0.717, 1.165) is 6.04 Å². The number of likely N-dealkylation sites (tertiary alicyclic amines) is 1. The van der Waals surface area contributed by atoms with Crippen molar-refractivity contribution in [2.75, 3.05) is 20.1 Å². The molecule has 2 aliphatic carbocycles. The Labute approximate surface area is 92.9 Å². The molecule has 15 heavy (non-hydrogen) atoms. The molecule has 0 aromatic carbocycles. The number of rotatable bonds is 1. The average molecular weight is 210 g/mol. The van der Waals surface area contributed by atoms with Gasteiger partial charge in [0.15, 0.2) is 0 Å². The fourth-order valence-electron chi connectivity index (χ4n) is 4.60. The van der Waals surface area contributed by atoms with Gasteiger partial charge in [-0.05, 0) is 25.2 Å². The van der Waals surface area contributed by atoms with Crippen LogP contribution in [0.5, 0.6) is 0 Å². The number of aliphatic hydroxyl groups excluding tert-OH is 1. The van der Waals surface area contributed by atoms with Crippen molar-refractivity contribution in [3.8, 4) is 0 Å². The third kappa shape index (κ3) is 1.45. The number of hydrogen-bond acceptors (Lipinski definition) is 1. The van der Waals surface area contributed by atoms with Crippen LogP contribution in [-0.4, -0.2) is 41.9 Å². The van der Waals surface area contributed by atoms with Crippen LogP contribution in [0.1, 0.15) is 38.5 Å². The smallest absolute Gasteiger partial charge is 0.0941 e. The van der Waals surface area contributed by atoms with Crippen LogP contribution in [0.4, 0.5) is 0 Å². The van der Waals surface area contributed by atoms with Gasteiger partial charge < -0.3 is 9.59 Å². The molecular formula is C13H24NO+. The highest BCUT2D eigenvalue weighted by Crippen LogP contribution is 2.46. The topological polar surface area (TPSA) is 20.2 Å². The van der Waals surface area contributed by atoms with Crippen molar-refractivity contribution in [1.29, 1.82) is 0 Å². The van der Waals surface area contributed by atoms with E-state index in [9.17, 15) is 5.11 Å². The summed E-state index contributed by atoms with van der Waals surface area (Å²) < 4.78 is 1.27. The maximum atomic E-state index is 10.2. The van der Waals surface area contributed by atoms with Crippen LogP contribution in [0.3, 0.4) is 0 Å². The van der Waals surface area contributed by atoms with Gasteiger partial charge in [0.1, 0.15) is 0 Å². The summed E-state index contributed by atoms with van der Waals surface area (Å²) in [6.07, 6.45) is 8.10. The molecule has 3 fully saturated rings. The van der Waals surface area contributed by atoms with Gasteiger partial charge >= 0.3 is 0 Å². The summed E-state index contributed by atoms with van der Waals surface area (Å²) in [6.45, 7) is 2.72. The number of hydrogen-bond donors (Lipinski definition) is 1. The summed E-state index contributed by atoms with van der Waals surface area (Å²) >= 11 is 0. The normalized spacial score (nSPS) is 48.4. The Morgan fingerprint density at radius 3 is 2.40 bits per heavy atom. The SMILES string of the molecule is C[N+]1([C@H]2CC[C@H]3CC[C@H]2[C@@H]3O)CCCC1. The fraction of sp³-hybridized carbons (Fsp3) is 1.00. The van der Waals surface area contributed by atoms with Crippen LogP contribution in [0, 0.1) is 11.8 Å². The first kappa shape index (κ1) is 10.1. The standard InChI is InChI=1S/C13H24NO/c1-14(8-2-3-9-14)12-7-5-10-4-6-11(12)13(10)15/h10-13,15H,2-9H2,1H3/q+1/t10-,11-,12+,13-/m1/s1. The predicted molar refractivity (Wildman–Crippen MR) is 60.4 cm³/mol. The van der Waals surface area contributed by atoms with E-state index in [1.807, 2.05) is 0 Å². The lowest BCUT2D eigenvalue weighted by Gasteiger charge is -2.45. The van der Waals surface area contributed by atoms with Gasteiger partial charge in [-0.1, -0.05) is 0 Å². The molecule has 1 saturated heterocycles. The van der Waals surface area contributed by atoms with Crippen molar-refractivity contribution in [2.45, 2.75) is 50.7 Å². The number of nitrogens with zero attached hydrogens (tertiary/aromatic N) is 1. The molecule has 0 aromatic rings. The largest absolute Gasteiger partial charge is 0.392 e. The Hall–Kier alpha value is -0.0800. The number of quaternary nitrogens is 1.